The number of ether oxygens (including phenoxy) is 1. The highest BCUT2D eigenvalue weighted by atomic mass is 19.3. The normalized spacial score (nSPS) is 12.7. The molecule has 1 atom stereocenters. The second kappa shape index (κ2) is 6.11. The lowest BCUT2D eigenvalue weighted by Gasteiger charge is -2.13. The average molecular weight is 304 g/mol. The minimum atomic E-state index is -2.85. The van der Waals surface area contributed by atoms with Crippen LogP contribution in [0, 0.1) is 0 Å². The number of aliphatic hydroxyl groups excluding tert-OH is 1. The zero-order chi connectivity index (χ0) is 15.5. The molecule has 0 bridgehead atoms. The first-order valence-electron chi connectivity index (χ1n) is 6.76. The summed E-state index contributed by atoms with van der Waals surface area (Å²) in [6, 6.07) is 13.6. The number of rotatable bonds is 5. The highest BCUT2D eigenvalue weighted by molar-refractivity contribution is 5.74. The van der Waals surface area contributed by atoms with Gasteiger partial charge in [-0.15, -0.1) is 0 Å². The van der Waals surface area contributed by atoms with E-state index >= 15 is 0 Å². The zero-order valence-corrected chi connectivity index (χ0v) is 11.6. The number of hydrogen-bond donors (Lipinski definition) is 1. The lowest BCUT2D eigenvalue weighted by atomic mass is 10.1. The SMILES string of the molecule is O[C@@H](Cn1cnc2ccccc21)c1ccc(OC(F)F)cc1. The summed E-state index contributed by atoms with van der Waals surface area (Å²) in [5.74, 6) is 0.0685. The van der Waals surface area contributed by atoms with Gasteiger partial charge in [0, 0.05) is 0 Å². The van der Waals surface area contributed by atoms with Gasteiger partial charge in [0.15, 0.2) is 0 Å². The molecule has 1 N–H and O–H groups in total. The Labute approximate surface area is 125 Å². The van der Waals surface area contributed by atoms with Crippen LogP contribution in [0.5, 0.6) is 5.75 Å². The standard InChI is InChI=1S/C16H14F2N2O2/c17-16(18)22-12-7-5-11(6-8-12)15(21)9-20-10-19-13-3-1-2-4-14(13)20/h1-8,10,15-16,21H,9H2/t15-/m0/s1. The lowest BCUT2D eigenvalue weighted by molar-refractivity contribution is -0.0498. The molecule has 0 saturated heterocycles. The first-order chi connectivity index (χ1) is 10.6. The lowest BCUT2D eigenvalue weighted by Crippen LogP contribution is -2.08. The third-order valence-electron chi connectivity index (χ3n) is 3.39. The molecule has 0 saturated carbocycles. The molecule has 0 amide bonds. The van der Waals surface area contributed by atoms with Crippen LogP contribution in [0.25, 0.3) is 11.0 Å². The van der Waals surface area contributed by atoms with Crippen LogP contribution in [0.1, 0.15) is 11.7 Å². The highest BCUT2D eigenvalue weighted by Crippen LogP contribution is 2.22. The Kier molecular flexibility index (Phi) is 4.02. The smallest absolute Gasteiger partial charge is 0.387 e. The number of aliphatic hydroxyl groups is 1. The van der Waals surface area contributed by atoms with Crippen LogP contribution in [0.4, 0.5) is 8.78 Å². The third kappa shape index (κ3) is 3.07. The van der Waals surface area contributed by atoms with Crippen LogP contribution in [0.3, 0.4) is 0 Å². The van der Waals surface area contributed by atoms with Crippen LogP contribution in [0.15, 0.2) is 54.9 Å². The van der Waals surface area contributed by atoms with Crippen molar-refractivity contribution in [3.05, 3.63) is 60.4 Å². The van der Waals surface area contributed by atoms with Crippen molar-refractivity contribution >= 4 is 11.0 Å². The molecule has 0 radical (unpaired) electrons. The van der Waals surface area contributed by atoms with E-state index in [2.05, 4.69) is 9.72 Å². The molecule has 3 rings (SSSR count). The number of aromatic nitrogens is 2. The maximum Gasteiger partial charge on any atom is 0.387 e. The van der Waals surface area contributed by atoms with Crippen molar-refractivity contribution in [1.82, 2.24) is 9.55 Å². The number of alkyl halides is 2. The summed E-state index contributed by atoms with van der Waals surface area (Å²) in [6.07, 6.45) is 0.903. The molecule has 2 aromatic carbocycles. The minimum Gasteiger partial charge on any atom is -0.435 e. The Morgan fingerprint density at radius 2 is 1.82 bits per heavy atom. The minimum absolute atomic E-state index is 0.0685. The van der Waals surface area contributed by atoms with Gasteiger partial charge in [0.2, 0.25) is 0 Å². The highest BCUT2D eigenvalue weighted by Gasteiger charge is 2.11. The van der Waals surface area contributed by atoms with E-state index in [1.807, 2.05) is 28.8 Å². The largest absolute Gasteiger partial charge is 0.435 e. The fraction of sp³-hybridized carbons (Fsp3) is 0.188. The summed E-state index contributed by atoms with van der Waals surface area (Å²) in [6.45, 7) is -2.52. The van der Waals surface area contributed by atoms with E-state index < -0.39 is 12.7 Å². The van der Waals surface area contributed by atoms with Gasteiger partial charge in [0.25, 0.3) is 0 Å². The predicted octanol–water partition coefficient (Wildman–Crippen LogP) is 3.37. The van der Waals surface area contributed by atoms with Crippen molar-refractivity contribution in [3.63, 3.8) is 0 Å². The van der Waals surface area contributed by atoms with Crippen molar-refractivity contribution in [1.29, 1.82) is 0 Å². The molecule has 114 valence electrons. The van der Waals surface area contributed by atoms with Gasteiger partial charge in [0.05, 0.1) is 30.0 Å². The molecule has 0 aliphatic rings. The van der Waals surface area contributed by atoms with Crippen molar-refractivity contribution < 1.29 is 18.6 Å². The number of benzene rings is 2. The fourth-order valence-electron chi connectivity index (χ4n) is 2.32. The van der Waals surface area contributed by atoms with Crippen LogP contribution in [0.2, 0.25) is 0 Å². The van der Waals surface area contributed by atoms with Crippen molar-refractivity contribution in [2.75, 3.05) is 0 Å². The number of nitrogens with zero attached hydrogens (tertiary/aromatic N) is 2. The summed E-state index contributed by atoms with van der Waals surface area (Å²) in [5.41, 5.74) is 2.41. The van der Waals surface area contributed by atoms with Gasteiger partial charge in [0.1, 0.15) is 5.75 Å². The second-order valence-corrected chi connectivity index (χ2v) is 4.85. The number of imidazole rings is 1. The molecule has 0 spiro atoms. The summed E-state index contributed by atoms with van der Waals surface area (Å²) in [5, 5.41) is 10.3. The molecular weight excluding hydrogens is 290 g/mol. The summed E-state index contributed by atoms with van der Waals surface area (Å²) >= 11 is 0. The van der Waals surface area contributed by atoms with Crippen LogP contribution >= 0.6 is 0 Å². The summed E-state index contributed by atoms with van der Waals surface area (Å²) in [4.78, 5) is 4.26. The molecule has 1 aromatic heterocycles. The summed E-state index contributed by atoms with van der Waals surface area (Å²) in [7, 11) is 0. The molecule has 0 unspecified atom stereocenters. The first-order valence-corrected chi connectivity index (χ1v) is 6.76. The monoisotopic (exact) mass is 304 g/mol. The molecule has 6 heteroatoms. The predicted molar refractivity (Wildman–Crippen MR) is 77.8 cm³/mol. The second-order valence-electron chi connectivity index (χ2n) is 4.85. The van der Waals surface area contributed by atoms with Gasteiger partial charge >= 0.3 is 6.61 Å². The quantitative estimate of drug-likeness (QED) is 0.786. The summed E-state index contributed by atoms with van der Waals surface area (Å²) < 4.78 is 30.3. The van der Waals surface area contributed by atoms with Crippen LogP contribution in [-0.2, 0) is 6.54 Å². The zero-order valence-electron chi connectivity index (χ0n) is 11.6. The Morgan fingerprint density at radius 3 is 2.55 bits per heavy atom. The Morgan fingerprint density at radius 1 is 1.09 bits per heavy atom. The number of hydrogen-bond acceptors (Lipinski definition) is 3. The maximum absolute atomic E-state index is 12.1. The maximum atomic E-state index is 12.1. The van der Waals surface area contributed by atoms with Crippen LogP contribution < -0.4 is 4.74 Å². The molecule has 4 nitrogen and oxygen atoms in total. The van der Waals surface area contributed by atoms with Gasteiger partial charge in [-0.1, -0.05) is 24.3 Å². The van der Waals surface area contributed by atoms with Gasteiger partial charge < -0.3 is 14.4 Å². The number of para-hydroxylation sites is 2. The van der Waals surface area contributed by atoms with Crippen molar-refractivity contribution in [2.24, 2.45) is 0 Å². The van der Waals surface area contributed by atoms with Gasteiger partial charge in [-0.25, -0.2) is 4.98 Å². The van der Waals surface area contributed by atoms with Crippen molar-refractivity contribution in [3.8, 4) is 5.75 Å². The van der Waals surface area contributed by atoms with E-state index in [0.29, 0.717) is 12.1 Å². The van der Waals surface area contributed by atoms with Crippen LogP contribution in [-0.4, -0.2) is 21.3 Å². The molecule has 0 fully saturated rings. The van der Waals surface area contributed by atoms with Crippen molar-refractivity contribution in [2.45, 2.75) is 19.3 Å². The van der Waals surface area contributed by atoms with E-state index in [1.165, 1.54) is 12.1 Å². The first kappa shape index (κ1) is 14.5. The molecule has 0 aliphatic carbocycles. The average Bonchev–Trinajstić information content (AvgIpc) is 2.91. The molecule has 1 heterocycles. The van der Waals surface area contributed by atoms with E-state index in [0.717, 1.165) is 11.0 Å². The topological polar surface area (TPSA) is 47.3 Å². The fourth-order valence-corrected chi connectivity index (χ4v) is 2.32. The molecule has 22 heavy (non-hydrogen) atoms. The Bertz CT molecular complexity index is 756. The number of halogens is 2. The van der Waals surface area contributed by atoms with E-state index in [1.54, 1.807) is 18.5 Å². The Balaban J connectivity index is 1.75. The van der Waals surface area contributed by atoms with E-state index in [-0.39, 0.29) is 5.75 Å². The molecular formula is C16H14F2N2O2. The third-order valence-corrected chi connectivity index (χ3v) is 3.39. The molecule has 0 aliphatic heterocycles. The number of fused-ring (bicyclic) bond motifs is 1. The Hall–Kier alpha value is -2.47. The van der Waals surface area contributed by atoms with Gasteiger partial charge in [-0.05, 0) is 29.8 Å². The van der Waals surface area contributed by atoms with Gasteiger partial charge in [-0.2, -0.15) is 8.78 Å². The van der Waals surface area contributed by atoms with E-state index in [9.17, 15) is 13.9 Å². The van der Waals surface area contributed by atoms with Gasteiger partial charge in [-0.3, -0.25) is 0 Å². The van der Waals surface area contributed by atoms with E-state index in [4.69, 9.17) is 0 Å². The molecule has 3 aromatic rings.